The van der Waals surface area contributed by atoms with Gasteiger partial charge in [-0.1, -0.05) is 0 Å². The number of thiazole rings is 1. The minimum atomic E-state index is -0.0988. The fourth-order valence-corrected chi connectivity index (χ4v) is 4.37. The number of nitrogens with zero attached hydrogens (tertiary/aromatic N) is 2. The van der Waals surface area contributed by atoms with E-state index in [-0.39, 0.29) is 17.7 Å². The number of methoxy groups -OCH3 is 3. The molecule has 2 amide bonds. The van der Waals surface area contributed by atoms with Crippen LogP contribution in [-0.2, 0) is 9.59 Å². The average molecular weight is 463 g/mol. The summed E-state index contributed by atoms with van der Waals surface area (Å²) in [7, 11) is 4.60. The maximum Gasteiger partial charge on any atom is 0.229 e. The van der Waals surface area contributed by atoms with E-state index in [2.05, 4.69) is 20.5 Å². The van der Waals surface area contributed by atoms with Crippen molar-refractivity contribution in [2.45, 2.75) is 26.2 Å². The molecule has 9 nitrogen and oxygen atoms in total. The number of amides is 2. The summed E-state index contributed by atoms with van der Waals surface area (Å²) >= 11 is 1.44. The van der Waals surface area contributed by atoms with E-state index in [1.165, 1.54) is 32.7 Å². The summed E-state index contributed by atoms with van der Waals surface area (Å²) in [6.45, 7) is 4.11. The summed E-state index contributed by atoms with van der Waals surface area (Å²) < 4.78 is 16.0. The average Bonchev–Trinajstić information content (AvgIpc) is 3.21. The number of likely N-dealkylation sites (tertiary alicyclic amines) is 1. The fraction of sp³-hybridized carbons (Fsp3) is 0.500. The number of carbonyl (C=O) groups excluding carboxylic acids is 2. The highest BCUT2D eigenvalue weighted by Crippen LogP contribution is 2.39. The quantitative estimate of drug-likeness (QED) is 0.590. The van der Waals surface area contributed by atoms with Crippen LogP contribution < -0.4 is 24.8 Å². The van der Waals surface area contributed by atoms with Crippen LogP contribution in [0.5, 0.6) is 17.2 Å². The molecule has 0 spiro atoms. The summed E-state index contributed by atoms with van der Waals surface area (Å²) in [6.07, 6.45) is 1.89. The summed E-state index contributed by atoms with van der Waals surface area (Å²) in [4.78, 5) is 31.4. The highest BCUT2D eigenvalue weighted by Gasteiger charge is 2.25. The molecule has 0 bridgehead atoms. The molecule has 0 radical (unpaired) electrons. The Kier molecular flexibility index (Phi) is 8.29. The Hall–Kier alpha value is -2.85. The Morgan fingerprint density at radius 2 is 1.75 bits per heavy atom. The number of aryl methyl sites for hydroxylation is 1. The van der Waals surface area contributed by atoms with Gasteiger partial charge in [-0.2, -0.15) is 0 Å². The van der Waals surface area contributed by atoms with E-state index in [4.69, 9.17) is 14.2 Å². The monoisotopic (exact) mass is 462 g/mol. The summed E-state index contributed by atoms with van der Waals surface area (Å²) in [5.41, 5.74) is 1.49. The van der Waals surface area contributed by atoms with Crippen LogP contribution in [0, 0.1) is 12.8 Å². The van der Waals surface area contributed by atoms with Crippen molar-refractivity contribution >= 4 is 34.0 Å². The van der Waals surface area contributed by atoms with Crippen molar-refractivity contribution < 1.29 is 23.8 Å². The number of rotatable bonds is 9. The van der Waals surface area contributed by atoms with Crippen molar-refractivity contribution in [2.24, 2.45) is 5.92 Å². The molecular formula is C22H30N4O5S. The molecule has 2 heterocycles. The zero-order valence-electron chi connectivity index (χ0n) is 18.9. The van der Waals surface area contributed by atoms with Crippen LogP contribution in [0.1, 0.15) is 25.0 Å². The van der Waals surface area contributed by atoms with E-state index in [9.17, 15) is 9.59 Å². The van der Waals surface area contributed by atoms with Crippen LogP contribution in [0.3, 0.4) is 0 Å². The van der Waals surface area contributed by atoms with Crippen LogP contribution >= 0.6 is 11.3 Å². The van der Waals surface area contributed by atoms with Gasteiger partial charge in [0, 0.05) is 42.1 Å². The SMILES string of the molecule is COc1cc(NC(=O)CCN2CCC(C(=O)Nc3nc(C)cs3)CC2)cc(OC)c1OC. The molecular weight excluding hydrogens is 432 g/mol. The standard InChI is InChI=1S/C22H30N4O5S/c1-14-13-32-22(23-14)25-21(28)15-5-8-26(9-6-15)10-7-19(27)24-16-11-17(29-2)20(31-4)18(12-16)30-3/h11-13,15H,5-10H2,1-4H3,(H,24,27)(H,23,25,28). The van der Waals surface area contributed by atoms with Crippen molar-refractivity contribution in [3.63, 3.8) is 0 Å². The van der Waals surface area contributed by atoms with Crippen LogP contribution in [0.15, 0.2) is 17.5 Å². The normalized spacial score (nSPS) is 14.6. The Labute approximate surface area is 192 Å². The molecule has 32 heavy (non-hydrogen) atoms. The Bertz CT molecular complexity index is 915. The van der Waals surface area contributed by atoms with Crippen LogP contribution in [0.25, 0.3) is 0 Å². The third kappa shape index (κ3) is 6.10. The first kappa shape index (κ1) is 23.8. The molecule has 2 aromatic rings. The fourth-order valence-electron chi connectivity index (χ4n) is 3.67. The maximum atomic E-state index is 12.5. The number of benzene rings is 1. The van der Waals surface area contributed by atoms with Crippen LogP contribution in [0.2, 0.25) is 0 Å². The third-order valence-corrected chi connectivity index (χ3v) is 6.29. The van der Waals surface area contributed by atoms with E-state index in [1.807, 2.05) is 12.3 Å². The number of nitrogens with one attached hydrogen (secondary N) is 2. The van der Waals surface area contributed by atoms with Gasteiger partial charge in [0.15, 0.2) is 16.6 Å². The van der Waals surface area contributed by atoms with E-state index < -0.39 is 0 Å². The number of carbonyl (C=O) groups is 2. The van der Waals surface area contributed by atoms with Crippen molar-refractivity contribution in [1.82, 2.24) is 9.88 Å². The maximum absolute atomic E-state index is 12.5. The number of ether oxygens (including phenoxy) is 3. The number of hydrogen-bond acceptors (Lipinski definition) is 8. The molecule has 0 aliphatic carbocycles. The van der Waals surface area contributed by atoms with E-state index in [0.29, 0.717) is 41.0 Å². The first-order valence-corrected chi connectivity index (χ1v) is 11.4. The summed E-state index contributed by atoms with van der Waals surface area (Å²) in [5.74, 6) is 1.34. The predicted octanol–water partition coefficient (Wildman–Crippen LogP) is 3.16. The van der Waals surface area contributed by atoms with E-state index in [1.54, 1.807) is 12.1 Å². The zero-order valence-corrected chi connectivity index (χ0v) is 19.7. The summed E-state index contributed by atoms with van der Waals surface area (Å²) in [6, 6.07) is 3.40. The molecule has 174 valence electrons. The van der Waals surface area contributed by atoms with E-state index >= 15 is 0 Å². The number of piperidine rings is 1. The van der Waals surface area contributed by atoms with Gasteiger partial charge in [-0.3, -0.25) is 9.59 Å². The van der Waals surface area contributed by atoms with E-state index in [0.717, 1.165) is 31.6 Å². The molecule has 0 atom stereocenters. The van der Waals surface area contributed by atoms with Gasteiger partial charge in [-0.15, -0.1) is 11.3 Å². The predicted molar refractivity (Wildman–Crippen MR) is 124 cm³/mol. The molecule has 1 fully saturated rings. The third-order valence-electron chi connectivity index (χ3n) is 5.41. The van der Waals surface area contributed by atoms with Gasteiger partial charge in [0.2, 0.25) is 17.6 Å². The van der Waals surface area contributed by atoms with Gasteiger partial charge >= 0.3 is 0 Å². The molecule has 1 saturated heterocycles. The zero-order chi connectivity index (χ0) is 23.1. The molecule has 0 saturated carbocycles. The first-order valence-electron chi connectivity index (χ1n) is 10.5. The number of anilines is 2. The number of aromatic nitrogens is 1. The lowest BCUT2D eigenvalue weighted by molar-refractivity contribution is -0.121. The molecule has 10 heteroatoms. The second kappa shape index (κ2) is 11.1. The van der Waals surface area contributed by atoms with Crippen molar-refractivity contribution in [2.75, 3.05) is 51.6 Å². The van der Waals surface area contributed by atoms with Gasteiger partial charge < -0.3 is 29.7 Å². The Balaban J connectivity index is 1.44. The molecule has 0 unspecified atom stereocenters. The molecule has 3 rings (SSSR count). The highest BCUT2D eigenvalue weighted by molar-refractivity contribution is 7.13. The van der Waals surface area contributed by atoms with Crippen molar-refractivity contribution in [3.05, 3.63) is 23.2 Å². The van der Waals surface area contributed by atoms with Crippen molar-refractivity contribution in [1.29, 1.82) is 0 Å². The second-order valence-corrected chi connectivity index (χ2v) is 8.47. The van der Waals surface area contributed by atoms with Crippen LogP contribution in [-0.4, -0.2) is 62.7 Å². The lowest BCUT2D eigenvalue weighted by Gasteiger charge is -2.30. The van der Waals surface area contributed by atoms with Gasteiger partial charge in [-0.25, -0.2) is 4.98 Å². The van der Waals surface area contributed by atoms with Gasteiger partial charge in [0.1, 0.15) is 0 Å². The number of hydrogen-bond donors (Lipinski definition) is 2. The first-order chi connectivity index (χ1) is 15.4. The van der Waals surface area contributed by atoms with Gasteiger partial charge in [0.05, 0.1) is 27.0 Å². The smallest absolute Gasteiger partial charge is 0.229 e. The minimum Gasteiger partial charge on any atom is -0.493 e. The Morgan fingerprint density at radius 3 is 2.28 bits per heavy atom. The molecule has 1 aromatic heterocycles. The van der Waals surface area contributed by atoms with Crippen molar-refractivity contribution in [3.8, 4) is 17.2 Å². The largest absolute Gasteiger partial charge is 0.493 e. The minimum absolute atomic E-state index is 0.0245. The second-order valence-electron chi connectivity index (χ2n) is 7.61. The van der Waals surface area contributed by atoms with Gasteiger partial charge in [-0.05, 0) is 32.9 Å². The molecule has 1 aliphatic rings. The van der Waals surface area contributed by atoms with Crippen LogP contribution in [0.4, 0.5) is 10.8 Å². The molecule has 1 aliphatic heterocycles. The topological polar surface area (TPSA) is 102 Å². The lowest BCUT2D eigenvalue weighted by Crippen LogP contribution is -2.39. The highest BCUT2D eigenvalue weighted by atomic mass is 32.1. The lowest BCUT2D eigenvalue weighted by atomic mass is 9.96. The summed E-state index contributed by atoms with van der Waals surface area (Å²) in [5, 5.41) is 8.36. The van der Waals surface area contributed by atoms with Gasteiger partial charge in [0.25, 0.3) is 0 Å². The molecule has 1 aromatic carbocycles. The molecule has 2 N–H and O–H groups in total. The Morgan fingerprint density at radius 1 is 1.09 bits per heavy atom.